The van der Waals surface area contributed by atoms with Gasteiger partial charge in [-0.1, -0.05) is 0 Å². The maximum absolute atomic E-state index is 13.0. The van der Waals surface area contributed by atoms with Crippen LogP contribution in [0.15, 0.2) is 11.0 Å². The van der Waals surface area contributed by atoms with Gasteiger partial charge in [0, 0.05) is 12.7 Å². The van der Waals surface area contributed by atoms with Crippen molar-refractivity contribution in [3.63, 3.8) is 0 Å². The number of halogens is 3. The summed E-state index contributed by atoms with van der Waals surface area (Å²) in [7, 11) is 0. The number of nitrogens with one attached hydrogen (secondary N) is 1. The lowest BCUT2D eigenvalue weighted by Gasteiger charge is -2.03. The van der Waals surface area contributed by atoms with Crippen molar-refractivity contribution in [2.75, 3.05) is 0 Å². The number of hydrogen-bond donors (Lipinski definition) is 2. The standard InChI is InChI=1S/C7H7F3N2O/c8-5-3(1-11)7(13)12-2-4(5)6(9)10/h2,6H,1,11H2,(H,12,13). The fourth-order valence-electron chi connectivity index (χ4n) is 0.909. The summed E-state index contributed by atoms with van der Waals surface area (Å²) >= 11 is 0. The molecule has 0 spiro atoms. The van der Waals surface area contributed by atoms with Gasteiger partial charge in [0.25, 0.3) is 12.0 Å². The minimum atomic E-state index is -2.96. The van der Waals surface area contributed by atoms with Gasteiger partial charge < -0.3 is 10.7 Å². The first-order valence-electron chi connectivity index (χ1n) is 3.46. The number of hydrogen-bond acceptors (Lipinski definition) is 2. The van der Waals surface area contributed by atoms with Crippen molar-refractivity contribution in [3.05, 3.63) is 33.5 Å². The maximum atomic E-state index is 13.0. The quantitative estimate of drug-likeness (QED) is 0.731. The average Bonchev–Trinajstić information content (AvgIpc) is 2.04. The molecule has 0 bridgehead atoms. The SMILES string of the molecule is NCc1c(F)c(C(F)F)c[nH]c1=O. The van der Waals surface area contributed by atoms with Crippen molar-refractivity contribution in [2.24, 2.45) is 5.73 Å². The predicted molar refractivity (Wildman–Crippen MR) is 39.9 cm³/mol. The molecular weight excluding hydrogens is 185 g/mol. The largest absolute Gasteiger partial charge is 0.328 e. The van der Waals surface area contributed by atoms with Crippen molar-refractivity contribution in [1.82, 2.24) is 4.98 Å². The zero-order valence-corrected chi connectivity index (χ0v) is 6.48. The number of nitrogens with two attached hydrogens (primary N) is 1. The highest BCUT2D eigenvalue weighted by Gasteiger charge is 2.17. The monoisotopic (exact) mass is 192 g/mol. The number of aromatic nitrogens is 1. The summed E-state index contributed by atoms with van der Waals surface area (Å²) < 4.78 is 37.2. The molecule has 13 heavy (non-hydrogen) atoms. The molecule has 6 heteroatoms. The van der Waals surface area contributed by atoms with Gasteiger partial charge in [0.15, 0.2) is 0 Å². The van der Waals surface area contributed by atoms with Crippen LogP contribution in [0.1, 0.15) is 17.6 Å². The zero-order chi connectivity index (χ0) is 10.0. The van der Waals surface area contributed by atoms with Crippen LogP contribution in [0.4, 0.5) is 13.2 Å². The van der Waals surface area contributed by atoms with Crippen LogP contribution in [0.25, 0.3) is 0 Å². The van der Waals surface area contributed by atoms with Crippen molar-refractivity contribution in [2.45, 2.75) is 13.0 Å². The number of H-pyrrole nitrogens is 1. The Morgan fingerprint density at radius 1 is 1.54 bits per heavy atom. The van der Waals surface area contributed by atoms with Crippen LogP contribution < -0.4 is 11.3 Å². The van der Waals surface area contributed by atoms with E-state index in [0.717, 1.165) is 0 Å². The van der Waals surface area contributed by atoms with Crippen molar-refractivity contribution < 1.29 is 13.2 Å². The van der Waals surface area contributed by atoms with Crippen LogP contribution in [0.3, 0.4) is 0 Å². The number of alkyl halides is 2. The van der Waals surface area contributed by atoms with Crippen LogP contribution in [0, 0.1) is 5.82 Å². The van der Waals surface area contributed by atoms with E-state index in [9.17, 15) is 18.0 Å². The molecule has 1 rings (SSSR count). The third-order valence-electron chi connectivity index (χ3n) is 1.59. The van der Waals surface area contributed by atoms with Crippen LogP contribution in [0.5, 0.6) is 0 Å². The minimum absolute atomic E-state index is 0.401. The summed E-state index contributed by atoms with van der Waals surface area (Å²) in [5, 5.41) is 0. The summed E-state index contributed by atoms with van der Waals surface area (Å²) in [5.41, 5.74) is 2.96. The van der Waals surface area contributed by atoms with Crippen molar-refractivity contribution in [3.8, 4) is 0 Å². The third kappa shape index (κ3) is 1.72. The van der Waals surface area contributed by atoms with Crippen LogP contribution >= 0.6 is 0 Å². The Balaban J connectivity index is 3.36. The first-order valence-corrected chi connectivity index (χ1v) is 3.46. The Morgan fingerprint density at radius 3 is 2.62 bits per heavy atom. The lowest BCUT2D eigenvalue weighted by Crippen LogP contribution is -2.19. The van der Waals surface area contributed by atoms with Gasteiger partial charge in [0.05, 0.1) is 11.1 Å². The molecule has 1 aromatic heterocycles. The van der Waals surface area contributed by atoms with E-state index in [1.807, 2.05) is 4.98 Å². The Bertz CT molecular complexity index is 361. The van der Waals surface area contributed by atoms with Gasteiger partial charge in [0.2, 0.25) is 0 Å². The molecule has 0 saturated carbocycles. The molecule has 0 atom stereocenters. The van der Waals surface area contributed by atoms with E-state index in [1.54, 1.807) is 0 Å². The summed E-state index contributed by atoms with van der Waals surface area (Å²) in [4.78, 5) is 12.8. The number of rotatable bonds is 2. The molecule has 0 aromatic carbocycles. The van der Waals surface area contributed by atoms with E-state index >= 15 is 0 Å². The molecule has 0 aliphatic heterocycles. The molecule has 1 aromatic rings. The number of aromatic amines is 1. The van der Waals surface area contributed by atoms with Crippen LogP contribution in [0.2, 0.25) is 0 Å². The van der Waals surface area contributed by atoms with Gasteiger partial charge in [-0.25, -0.2) is 13.2 Å². The second-order valence-electron chi connectivity index (χ2n) is 2.37. The van der Waals surface area contributed by atoms with Crippen LogP contribution in [-0.4, -0.2) is 4.98 Å². The predicted octanol–water partition coefficient (Wildman–Crippen LogP) is 0.910. The van der Waals surface area contributed by atoms with Crippen LogP contribution in [-0.2, 0) is 6.54 Å². The second kappa shape index (κ2) is 3.61. The van der Waals surface area contributed by atoms with E-state index in [-0.39, 0.29) is 0 Å². The molecule has 3 nitrogen and oxygen atoms in total. The molecule has 0 aliphatic rings. The molecule has 72 valence electrons. The van der Waals surface area contributed by atoms with E-state index in [4.69, 9.17) is 5.73 Å². The normalized spacial score (nSPS) is 10.8. The lowest BCUT2D eigenvalue weighted by molar-refractivity contribution is 0.145. The van der Waals surface area contributed by atoms with Gasteiger partial charge in [0.1, 0.15) is 5.82 Å². The summed E-state index contributed by atoms with van der Waals surface area (Å²) in [5.74, 6) is -1.22. The van der Waals surface area contributed by atoms with Crippen molar-refractivity contribution >= 4 is 0 Å². The Kier molecular flexibility index (Phi) is 2.72. The molecule has 0 amide bonds. The highest BCUT2D eigenvalue weighted by atomic mass is 19.3. The number of pyridine rings is 1. The highest BCUT2D eigenvalue weighted by Crippen LogP contribution is 2.21. The van der Waals surface area contributed by atoms with Gasteiger partial charge >= 0.3 is 0 Å². The topological polar surface area (TPSA) is 58.9 Å². The molecule has 3 N–H and O–H groups in total. The maximum Gasteiger partial charge on any atom is 0.268 e. The second-order valence-corrected chi connectivity index (χ2v) is 2.37. The van der Waals surface area contributed by atoms with E-state index < -0.39 is 35.5 Å². The molecule has 1 heterocycles. The van der Waals surface area contributed by atoms with Crippen molar-refractivity contribution in [1.29, 1.82) is 0 Å². The average molecular weight is 192 g/mol. The van der Waals surface area contributed by atoms with E-state index in [2.05, 4.69) is 0 Å². The zero-order valence-electron chi connectivity index (χ0n) is 6.48. The molecule has 0 unspecified atom stereocenters. The molecule has 0 radical (unpaired) electrons. The Labute approximate surface area is 71.4 Å². The summed E-state index contributed by atoms with van der Waals surface area (Å²) in [6.07, 6.45) is -2.30. The first-order chi connectivity index (χ1) is 6.07. The van der Waals surface area contributed by atoms with E-state index in [0.29, 0.717) is 6.20 Å². The fourth-order valence-corrected chi connectivity index (χ4v) is 0.909. The van der Waals surface area contributed by atoms with Gasteiger partial charge in [-0.15, -0.1) is 0 Å². The fraction of sp³-hybridized carbons (Fsp3) is 0.286. The summed E-state index contributed by atoms with van der Waals surface area (Å²) in [6.45, 7) is -0.401. The van der Waals surface area contributed by atoms with Gasteiger partial charge in [-0.3, -0.25) is 4.79 Å². The molecule has 0 fully saturated rings. The van der Waals surface area contributed by atoms with Gasteiger partial charge in [-0.05, 0) is 0 Å². The van der Waals surface area contributed by atoms with Gasteiger partial charge in [-0.2, -0.15) is 0 Å². The molecule has 0 aliphatic carbocycles. The Morgan fingerprint density at radius 2 is 2.15 bits per heavy atom. The smallest absolute Gasteiger partial charge is 0.268 e. The highest BCUT2D eigenvalue weighted by molar-refractivity contribution is 5.21. The van der Waals surface area contributed by atoms with E-state index in [1.165, 1.54) is 0 Å². The lowest BCUT2D eigenvalue weighted by atomic mass is 10.2. The molecular formula is C7H7F3N2O. The Hall–Kier alpha value is -1.30. The third-order valence-corrected chi connectivity index (χ3v) is 1.59. The summed E-state index contributed by atoms with van der Waals surface area (Å²) in [6, 6.07) is 0. The minimum Gasteiger partial charge on any atom is -0.328 e. The molecule has 0 saturated heterocycles. The first kappa shape index (κ1) is 9.79.